The molecule has 18 heavy (non-hydrogen) atoms. The van der Waals surface area contributed by atoms with Gasteiger partial charge in [-0.1, -0.05) is 12.1 Å². The van der Waals surface area contributed by atoms with Crippen molar-refractivity contribution in [2.45, 2.75) is 0 Å². The van der Waals surface area contributed by atoms with Crippen molar-refractivity contribution in [1.29, 1.82) is 0 Å². The highest BCUT2D eigenvalue weighted by molar-refractivity contribution is 6.03. The summed E-state index contributed by atoms with van der Waals surface area (Å²) in [7, 11) is 0. The van der Waals surface area contributed by atoms with Crippen LogP contribution in [0.1, 0.15) is 0 Å². The SMILES string of the molecule is O=c1ccc2ccc3c(nnc4nc[nH]n43)c2c1. The van der Waals surface area contributed by atoms with E-state index in [-0.39, 0.29) is 5.43 Å². The smallest absolute Gasteiger partial charge is 0.270 e. The number of fused-ring (bicyclic) bond motifs is 5. The van der Waals surface area contributed by atoms with E-state index in [0.29, 0.717) is 11.3 Å². The summed E-state index contributed by atoms with van der Waals surface area (Å²) in [6.45, 7) is 0. The number of aromatic amines is 1. The summed E-state index contributed by atoms with van der Waals surface area (Å²) in [6.07, 6.45) is 1.55. The van der Waals surface area contributed by atoms with Gasteiger partial charge in [0.25, 0.3) is 5.78 Å². The molecule has 0 bridgehead atoms. The summed E-state index contributed by atoms with van der Waals surface area (Å²) in [4.78, 5) is 15.5. The van der Waals surface area contributed by atoms with Crippen LogP contribution in [0, 0.1) is 0 Å². The molecule has 0 aliphatic carbocycles. The van der Waals surface area contributed by atoms with Gasteiger partial charge in [0.2, 0.25) is 0 Å². The van der Waals surface area contributed by atoms with Gasteiger partial charge < -0.3 is 0 Å². The van der Waals surface area contributed by atoms with Crippen LogP contribution in [0.5, 0.6) is 0 Å². The third kappa shape index (κ3) is 1.11. The van der Waals surface area contributed by atoms with Gasteiger partial charge in [0.05, 0.1) is 5.52 Å². The number of nitrogens with zero attached hydrogens (tertiary/aromatic N) is 4. The van der Waals surface area contributed by atoms with E-state index >= 15 is 0 Å². The minimum Gasteiger partial charge on any atom is -0.290 e. The predicted molar refractivity (Wildman–Crippen MR) is 66.4 cm³/mol. The first-order valence-electron chi connectivity index (χ1n) is 5.44. The normalized spacial score (nSPS) is 11.6. The summed E-state index contributed by atoms with van der Waals surface area (Å²) in [6, 6.07) is 8.80. The topological polar surface area (TPSA) is 75.9 Å². The zero-order valence-corrected chi connectivity index (χ0v) is 9.16. The Hall–Kier alpha value is -2.76. The highest BCUT2D eigenvalue weighted by Gasteiger charge is 2.07. The molecule has 0 aliphatic rings. The van der Waals surface area contributed by atoms with Crippen LogP contribution in [0.25, 0.3) is 27.6 Å². The Morgan fingerprint density at radius 1 is 1.11 bits per heavy atom. The first-order valence-corrected chi connectivity index (χ1v) is 5.44. The first kappa shape index (κ1) is 9.29. The maximum Gasteiger partial charge on any atom is 0.270 e. The lowest BCUT2D eigenvalue weighted by Gasteiger charge is -2.03. The molecule has 0 radical (unpaired) electrons. The van der Waals surface area contributed by atoms with E-state index in [9.17, 15) is 4.79 Å². The minimum atomic E-state index is -0.0356. The average molecular weight is 237 g/mol. The van der Waals surface area contributed by atoms with Gasteiger partial charge in [-0.15, -0.1) is 10.2 Å². The molecule has 0 amide bonds. The Morgan fingerprint density at radius 3 is 2.94 bits per heavy atom. The average Bonchev–Trinajstić information content (AvgIpc) is 2.86. The molecule has 0 unspecified atom stereocenters. The fraction of sp³-hybridized carbons (Fsp3) is 0. The van der Waals surface area contributed by atoms with Gasteiger partial charge >= 0.3 is 0 Å². The molecule has 2 aromatic heterocycles. The quantitative estimate of drug-likeness (QED) is 0.465. The third-order valence-corrected chi connectivity index (χ3v) is 2.99. The Morgan fingerprint density at radius 2 is 2.00 bits per heavy atom. The zero-order valence-electron chi connectivity index (χ0n) is 9.16. The van der Waals surface area contributed by atoms with Crippen molar-refractivity contribution in [3.05, 3.63) is 46.9 Å². The van der Waals surface area contributed by atoms with E-state index in [1.54, 1.807) is 29.0 Å². The summed E-state index contributed by atoms with van der Waals surface area (Å²) < 4.78 is 1.74. The van der Waals surface area contributed by atoms with Crippen molar-refractivity contribution in [2.75, 3.05) is 0 Å². The van der Waals surface area contributed by atoms with E-state index in [2.05, 4.69) is 20.3 Å². The van der Waals surface area contributed by atoms with Gasteiger partial charge in [0.1, 0.15) is 11.8 Å². The van der Waals surface area contributed by atoms with Crippen LogP contribution in [0.3, 0.4) is 0 Å². The van der Waals surface area contributed by atoms with Gasteiger partial charge in [0, 0.05) is 5.39 Å². The molecule has 1 N–H and O–H groups in total. The lowest BCUT2D eigenvalue weighted by molar-refractivity contribution is 0.942. The number of aromatic nitrogens is 5. The molecular formula is C12H7N5O. The van der Waals surface area contributed by atoms with Gasteiger partial charge in [-0.05, 0) is 23.6 Å². The Labute approximate surface area is 99.9 Å². The minimum absolute atomic E-state index is 0.0356. The standard InChI is InChI=1S/C12H7N5O/c18-8-3-1-7-2-4-10-11(9(7)5-8)15-16-12-13-6-14-17(10)12/h1-6H,(H,13,14,16). The van der Waals surface area contributed by atoms with Crippen LogP contribution in [-0.2, 0) is 0 Å². The van der Waals surface area contributed by atoms with Gasteiger partial charge in [0.15, 0.2) is 5.43 Å². The summed E-state index contributed by atoms with van der Waals surface area (Å²) in [5, 5.41) is 12.9. The summed E-state index contributed by atoms with van der Waals surface area (Å²) in [5.41, 5.74) is 1.49. The molecule has 4 rings (SSSR count). The number of benzene rings is 2. The van der Waals surface area contributed by atoms with Crippen LogP contribution in [-0.4, -0.2) is 24.8 Å². The highest BCUT2D eigenvalue weighted by atomic mass is 16.1. The van der Waals surface area contributed by atoms with Crippen LogP contribution in [0.2, 0.25) is 0 Å². The lowest BCUT2D eigenvalue weighted by Crippen LogP contribution is -2.00. The molecule has 0 aliphatic heterocycles. The fourth-order valence-corrected chi connectivity index (χ4v) is 2.16. The third-order valence-electron chi connectivity index (χ3n) is 2.99. The predicted octanol–water partition coefficient (Wildman–Crippen LogP) is 1.12. The number of hydrogen-bond acceptors (Lipinski definition) is 4. The van der Waals surface area contributed by atoms with Gasteiger partial charge in [-0.2, -0.15) is 4.98 Å². The fourth-order valence-electron chi connectivity index (χ4n) is 2.16. The zero-order chi connectivity index (χ0) is 12.1. The molecule has 6 nitrogen and oxygen atoms in total. The molecule has 0 saturated carbocycles. The molecule has 6 heteroatoms. The second-order valence-corrected chi connectivity index (χ2v) is 4.04. The number of nitrogens with one attached hydrogen (secondary N) is 1. The summed E-state index contributed by atoms with van der Waals surface area (Å²) >= 11 is 0. The highest BCUT2D eigenvalue weighted by Crippen LogP contribution is 2.21. The molecule has 4 aromatic rings. The van der Waals surface area contributed by atoms with E-state index in [4.69, 9.17) is 0 Å². The number of hydrogen-bond donors (Lipinski definition) is 1. The van der Waals surface area contributed by atoms with Crippen LogP contribution < -0.4 is 5.43 Å². The maximum atomic E-state index is 11.5. The maximum absolute atomic E-state index is 11.5. The van der Waals surface area contributed by atoms with Crippen molar-refractivity contribution in [2.24, 2.45) is 0 Å². The van der Waals surface area contributed by atoms with E-state index < -0.39 is 0 Å². The lowest BCUT2D eigenvalue weighted by atomic mass is 10.1. The Kier molecular flexibility index (Phi) is 1.62. The van der Waals surface area contributed by atoms with Crippen molar-refractivity contribution in [3.8, 4) is 0 Å². The van der Waals surface area contributed by atoms with Gasteiger partial charge in [-0.3, -0.25) is 9.89 Å². The Balaban J connectivity index is 2.34. The second-order valence-electron chi connectivity index (χ2n) is 4.04. The largest absolute Gasteiger partial charge is 0.290 e. The molecule has 86 valence electrons. The van der Waals surface area contributed by atoms with E-state index in [0.717, 1.165) is 16.3 Å². The van der Waals surface area contributed by atoms with Crippen molar-refractivity contribution in [1.82, 2.24) is 24.8 Å². The number of rotatable bonds is 0. The van der Waals surface area contributed by atoms with E-state index in [1.165, 1.54) is 0 Å². The first-order chi connectivity index (χ1) is 8.83. The molecular weight excluding hydrogens is 230 g/mol. The second kappa shape index (κ2) is 3.13. The van der Waals surface area contributed by atoms with Crippen LogP contribution in [0.4, 0.5) is 0 Å². The monoisotopic (exact) mass is 237 g/mol. The van der Waals surface area contributed by atoms with Gasteiger partial charge in [-0.25, -0.2) is 4.52 Å². The van der Waals surface area contributed by atoms with Crippen LogP contribution in [0.15, 0.2) is 41.5 Å². The number of H-pyrrole nitrogens is 1. The molecule has 0 spiro atoms. The molecule has 0 atom stereocenters. The summed E-state index contributed by atoms with van der Waals surface area (Å²) in [5.74, 6) is 0.500. The van der Waals surface area contributed by atoms with Crippen molar-refractivity contribution >= 4 is 27.6 Å². The Bertz CT molecular complexity index is 953. The van der Waals surface area contributed by atoms with Crippen molar-refractivity contribution in [3.63, 3.8) is 0 Å². The molecule has 0 fully saturated rings. The molecule has 0 saturated heterocycles. The van der Waals surface area contributed by atoms with E-state index in [1.807, 2.05) is 12.1 Å². The van der Waals surface area contributed by atoms with Crippen molar-refractivity contribution < 1.29 is 0 Å². The molecule has 2 heterocycles. The van der Waals surface area contributed by atoms with Crippen LogP contribution >= 0.6 is 0 Å². The molecule has 2 aromatic carbocycles.